The van der Waals surface area contributed by atoms with Gasteiger partial charge in [0, 0.05) is 12.6 Å². The van der Waals surface area contributed by atoms with E-state index in [1.54, 1.807) is 14.0 Å². The van der Waals surface area contributed by atoms with Gasteiger partial charge in [-0.1, -0.05) is 25.2 Å². The van der Waals surface area contributed by atoms with Gasteiger partial charge in [0.25, 0.3) is 0 Å². The zero-order valence-corrected chi connectivity index (χ0v) is 19.8. The third-order valence-corrected chi connectivity index (χ3v) is 8.48. The maximum Gasteiger partial charge on any atom is 0.236 e. The number of fused-ring (bicyclic) bond motifs is 1. The molecule has 3 aromatic heterocycles. The van der Waals surface area contributed by atoms with Crippen molar-refractivity contribution >= 4 is 32.1 Å². The predicted molar refractivity (Wildman–Crippen MR) is 119 cm³/mol. The van der Waals surface area contributed by atoms with Crippen molar-refractivity contribution in [2.75, 3.05) is 17.1 Å². The van der Waals surface area contributed by atoms with Crippen LogP contribution >= 0.6 is 11.3 Å². The van der Waals surface area contributed by atoms with Crippen LogP contribution in [0.1, 0.15) is 62.2 Å². The Morgan fingerprint density at radius 3 is 2.34 bits per heavy atom. The monoisotopic (exact) mass is 435 g/mol. The van der Waals surface area contributed by atoms with Crippen LogP contribution in [-0.2, 0) is 10.0 Å². The molecule has 0 radical (unpaired) electrons. The lowest BCUT2D eigenvalue weighted by atomic mass is 9.95. The minimum Gasteiger partial charge on any atom is -0.248 e. The molecular weight excluding hydrogens is 406 g/mol. The Bertz CT molecular complexity index is 1140. The van der Waals surface area contributed by atoms with Gasteiger partial charge in [0.1, 0.15) is 5.69 Å². The van der Waals surface area contributed by atoms with Crippen molar-refractivity contribution in [2.24, 2.45) is 0 Å². The van der Waals surface area contributed by atoms with E-state index in [0.717, 1.165) is 46.1 Å². The Hall–Kier alpha value is -2.00. The summed E-state index contributed by atoms with van der Waals surface area (Å²) in [5.41, 5.74) is 5.56. The lowest BCUT2D eigenvalue weighted by molar-refractivity contribution is 0.595. The maximum absolute atomic E-state index is 12.3. The first kappa shape index (κ1) is 21.7. The molecule has 0 aliphatic rings. The average molecular weight is 436 g/mol. The number of hydrogen-bond acceptors (Lipinski definition) is 6. The molecule has 0 aliphatic heterocycles. The third-order valence-electron chi connectivity index (χ3n) is 5.39. The van der Waals surface area contributed by atoms with Crippen LogP contribution in [0.15, 0.2) is 6.07 Å². The van der Waals surface area contributed by atoms with Gasteiger partial charge in [-0.25, -0.2) is 27.2 Å². The van der Waals surface area contributed by atoms with Gasteiger partial charge >= 0.3 is 0 Å². The minimum atomic E-state index is -3.36. The summed E-state index contributed by atoms with van der Waals surface area (Å²) < 4.78 is 27.7. The summed E-state index contributed by atoms with van der Waals surface area (Å²) in [6.45, 7) is 11.9. The molecule has 0 saturated carbocycles. The van der Waals surface area contributed by atoms with Gasteiger partial charge in [-0.2, -0.15) is 5.10 Å². The quantitative estimate of drug-likeness (QED) is 0.547. The number of aromatic nitrogens is 4. The van der Waals surface area contributed by atoms with Gasteiger partial charge in [-0.3, -0.25) is 0 Å². The summed E-state index contributed by atoms with van der Waals surface area (Å²) in [6.07, 6.45) is 2.08. The van der Waals surface area contributed by atoms with Crippen LogP contribution < -0.4 is 4.31 Å². The fraction of sp³-hybridized carbons (Fsp3) is 0.550. The molecule has 158 valence electrons. The van der Waals surface area contributed by atoms with E-state index in [0.29, 0.717) is 11.0 Å². The van der Waals surface area contributed by atoms with Crippen molar-refractivity contribution in [2.45, 2.75) is 60.3 Å². The number of anilines is 1. The van der Waals surface area contributed by atoms with E-state index in [1.165, 1.54) is 21.2 Å². The molecule has 0 fully saturated rings. The van der Waals surface area contributed by atoms with Crippen molar-refractivity contribution < 1.29 is 8.42 Å². The van der Waals surface area contributed by atoms with Crippen molar-refractivity contribution in [3.63, 3.8) is 0 Å². The second-order valence-corrected chi connectivity index (χ2v) is 10.6. The van der Waals surface area contributed by atoms with Gasteiger partial charge in [0.15, 0.2) is 10.8 Å². The van der Waals surface area contributed by atoms with Crippen LogP contribution in [0.4, 0.5) is 5.13 Å². The molecule has 0 spiro atoms. The molecule has 3 rings (SSSR count). The topological polar surface area (TPSA) is 80.5 Å². The Morgan fingerprint density at radius 1 is 1.10 bits per heavy atom. The van der Waals surface area contributed by atoms with Crippen LogP contribution in [0.5, 0.6) is 0 Å². The molecule has 9 heteroatoms. The van der Waals surface area contributed by atoms with Gasteiger partial charge < -0.3 is 0 Å². The molecule has 0 unspecified atom stereocenters. The fourth-order valence-corrected chi connectivity index (χ4v) is 5.75. The standard InChI is InChI=1S/C20H29N5O2S2/c1-8-15(9-2)16-11-12(4)23-25-17(13(5)21-19(16)25)18-14(6)22-20(28-18)24(7)29(26,27)10-3/h11,15H,8-10H2,1-7H3. The Balaban J connectivity index is 2.23. The zero-order chi connectivity index (χ0) is 21.5. The summed E-state index contributed by atoms with van der Waals surface area (Å²) in [5.74, 6) is 0.457. The lowest BCUT2D eigenvalue weighted by Gasteiger charge is -2.14. The molecule has 0 aromatic carbocycles. The molecule has 7 nitrogen and oxygen atoms in total. The number of rotatable bonds is 7. The molecule has 0 atom stereocenters. The second-order valence-electron chi connectivity index (χ2n) is 7.31. The minimum absolute atomic E-state index is 0.0334. The molecule has 0 bridgehead atoms. The van der Waals surface area contributed by atoms with Crippen molar-refractivity contribution in [1.82, 2.24) is 19.6 Å². The Labute approximate surface area is 176 Å². The van der Waals surface area contributed by atoms with E-state index >= 15 is 0 Å². The van der Waals surface area contributed by atoms with E-state index in [1.807, 2.05) is 25.3 Å². The molecular formula is C20H29N5O2S2. The van der Waals surface area contributed by atoms with Crippen molar-refractivity contribution in [3.8, 4) is 10.6 Å². The molecule has 3 aromatic rings. The number of thiazole rings is 1. The number of imidazole rings is 1. The smallest absolute Gasteiger partial charge is 0.236 e. The molecule has 0 N–H and O–H groups in total. The first-order valence-electron chi connectivity index (χ1n) is 9.95. The van der Waals surface area contributed by atoms with Crippen LogP contribution in [0.25, 0.3) is 16.2 Å². The maximum atomic E-state index is 12.3. The highest BCUT2D eigenvalue weighted by molar-refractivity contribution is 7.92. The fourth-order valence-electron chi connectivity index (χ4n) is 3.62. The van der Waals surface area contributed by atoms with E-state index in [2.05, 4.69) is 24.9 Å². The van der Waals surface area contributed by atoms with E-state index in [9.17, 15) is 8.42 Å². The summed E-state index contributed by atoms with van der Waals surface area (Å²) in [6, 6.07) is 2.13. The molecule has 0 aliphatic carbocycles. The van der Waals surface area contributed by atoms with Crippen LogP contribution in [0.3, 0.4) is 0 Å². The average Bonchev–Trinajstić information content (AvgIpc) is 3.20. The molecule has 29 heavy (non-hydrogen) atoms. The van der Waals surface area contributed by atoms with Gasteiger partial charge in [-0.05, 0) is 52.5 Å². The summed E-state index contributed by atoms with van der Waals surface area (Å²) >= 11 is 1.36. The normalized spacial score (nSPS) is 12.3. The number of nitrogens with zero attached hydrogens (tertiary/aromatic N) is 5. The highest BCUT2D eigenvalue weighted by Crippen LogP contribution is 2.38. The Kier molecular flexibility index (Phi) is 6.01. The molecule has 3 heterocycles. The highest BCUT2D eigenvalue weighted by Gasteiger charge is 2.25. The van der Waals surface area contributed by atoms with Gasteiger partial charge in [0.05, 0.1) is 27.7 Å². The SMILES string of the molecule is CCC(CC)c1cc(C)nn2c(-c3sc(N(C)S(=O)(=O)CC)nc3C)c(C)nc12. The first-order valence-corrected chi connectivity index (χ1v) is 12.4. The van der Waals surface area contributed by atoms with Crippen molar-refractivity contribution in [3.05, 3.63) is 28.7 Å². The second kappa shape index (κ2) is 8.02. The predicted octanol–water partition coefficient (Wildman–Crippen LogP) is 4.47. The van der Waals surface area contributed by atoms with Gasteiger partial charge in [0.2, 0.25) is 10.0 Å². The van der Waals surface area contributed by atoms with Crippen molar-refractivity contribution in [1.29, 1.82) is 0 Å². The summed E-state index contributed by atoms with van der Waals surface area (Å²) in [7, 11) is -1.81. The Morgan fingerprint density at radius 2 is 1.76 bits per heavy atom. The summed E-state index contributed by atoms with van der Waals surface area (Å²) in [4.78, 5) is 10.3. The van der Waals surface area contributed by atoms with Gasteiger partial charge in [-0.15, -0.1) is 0 Å². The first-order chi connectivity index (χ1) is 13.6. The lowest BCUT2D eigenvalue weighted by Crippen LogP contribution is -2.27. The highest BCUT2D eigenvalue weighted by atomic mass is 32.2. The third kappa shape index (κ3) is 3.77. The molecule has 0 amide bonds. The number of hydrogen-bond donors (Lipinski definition) is 0. The number of aryl methyl sites for hydroxylation is 3. The largest absolute Gasteiger partial charge is 0.248 e. The molecule has 0 saturated heterocycles. The van der Waals surface area contributed by atoms with E-state index in [4.69, 9.17) is 10.1 Å². The summed E-state index contributed by atoms with van der Waals surface area (Å²) in [5, 5.41) is 5.21. The van der Waals surface area contributed by atoms with E-state index < -0.39 is 10.0 Å². The van der Waals surface area contributed by atoms with Crippen LogP contribution in [-0.4, -0.2) is 40.8 Å². The zero-order valence-electron chi connectivity index (χ0n) is 18.1. The van der Waals surface area contributed by atoms with E-state index in [-0.39, 0.29) is 5.75 Å². The van der Waals surface area contributed by atoms with Crippen LogP contribution in [0.2, 0.25) is 0 Å². The van der Waals surface area contributed by atoms with Crippen LogP contribution in [0, 0.1) is 20.8 Å². The number of sulfonamides is 1.